The number of aromatic nitrogens is 3. The van der Waals surface area contributed by atoms with Gasteiger partial charge in [0, 0.05) is 24.5 Å². The summed E-state index contributed by atoms with van der Waals surface area (Å²) in [5, 5.41) is 6.33. The highest BCUT2D eigenvalue weighted by Crippen LogP contribution is 2.08. The third-order valence-electron chi connectivity index (χ3n) is 2.32. The van der Waals surface area contributed by atoms with Gasteiger partial charge < -0.3 is 5.73 Å². The molecule has 0 radical (unpaired) electrons. The summed E-state index contributed by atoms with van der Waals surface area (Å²) < 4.78 is 26.4. The maximum Gasteiger partial charge on any atom is 0.242 e. The number of rotatable bonds is 5. The van der Waals surface area contributed by atoms with Crippen LogP contribution in [0, 0.1) is 0 Å². The molecule has 0 fully saturated rings. The molecule has 0 saturated carbocycles. The third-order valence-corrected chi connectivity index (χ3v) is 3.92. The number of hydrogen-bond donors (Lipinski definition) is 3. The summed E-state index contributed by atoms with van der Waals surface area (Å²) in [5.41, 5.74) is 6.50. The Morgan fingerprint density at radius 1 is 1.42 bits per heavy atom. The van der Waals surface area contributed by atoms with E-state index in [2.05, 4.69) is 19.9 Å². The summed E-state index contributed by atoms with van der Waals surface area (Å²) in [7, 11) is -3.62. The largest absolute Gasteiger partial charge is 0.388 e. The first-order valence-corrected chi connectivity index (χ1v) is 7.11. The van der Waals surface area contributed by atoms with Crippen LogP contribution >= 0.6 is 12.2 Å². The minimum absolute atomic E-state index is 0.0518. The Balaban J connectivity index is 2.13. The van der Waals surface area contributed by atoms with E-state index in [1.54, 1.807) is 6.20 Å². The molecule has 0 spiro atoms. The van der Waals surface area contributed by atoms with Crippen molar-refractivity contribution >= 4 is 27.2 Å². The van der Waals surface area contributed by atoms with Crippen molar-refractivity contribution in [3.63, 3.8) is 0 Å². The van der Waals surface area contributed by atoms with Crippen LogP contribution in [-0.4, -0.2) is 28.6 Å². The predicted octanol–water partition coefficient (Wildman–Crippen LogP) is -0.0826. The van der Waals surface area contributed by atoms with Crippen molar-refractivity contribution in [2.24, 2.45) is 5.73 Å². The van der Waals surface area contributed by atoms with Crippen LogP contribution in [-0.2, 0) is 16.6 Å². The van der Waals surface area contributed by atoms with Crippen molar-refractivity contribution in [3.8, 4) is 0 Å². The van der Waals surface area contributed by atoms with E-state index in [1.165, 1.54) is 24.5 Å². The van der Waals surface area contributed by atoms with Crippen LogP contribution in [0.1, 0.15) is 11.3 Å². The number of nitrogens with zero attached hydrogens (tertiary/aromatic N) is 2. The summed E-state index contributed by atoms with van der Waals surface area (Å²) in [5.74, 6) is 0. The van der Waals surface area contributed by atoms with Crippen molar-refractivity contribution < 1.29 is 8.42 Å². The standard InChI is InChI=1S/C10H11N5O2S2/c11-10(18)9-2-1-8(6-12-9)19(16,17)15-5-7-3-13-14-4-7/h1-4,6,15H,5H2,(H2,11,18)(H,13,14). The SMILES string of the molecule is NC(=S)c1ccc(S(=O)(=O)NCc2cn[nH]c2)cn1. The van der Waals surface area contributed by atoms with Crippen LogP contribution in [0.2, 0.25) is 0 Å². The highest BCUT2D eigenvalue weighted by molar-refractivity contribution is 7.89. The van der Waals surface area contributed by atoms with Gasteiger partial charge in [0.05, 0.1) is 11.9 Å². The van der Waals surface area contributed by atoms with Crippen LogP contribution in [0.3, 0.4) is 0 Å². The molecule has 19 heavy (non-hydrogen) atoms. The van der Waals surface area contributed by atoms with E-state index in [4.69, 9.17) is 18.0 Å². The molecule has 100 valence electrons. The Morgan fingerprint density at radius 3 is 2.74 bits per heavy atom. The van der Waals surface area contributed by atoms with E-state index in [9.17, 15) is 8.42 Å². The molecule has 2 aromatic heterocycles. The van der Waals surface area contributed by atoms with Crippen molar-refractivity contribution in [1.82, 2.24) is 19.9 Å². The topological polar surface area (TPSA) is 114 Å². The Bertz CT molecular complexity index is 664. The molecule has 0 atom stereocenters. The molecule has 0 bridgehead atoms. The molecular weight excluding hydrogens is 286 g/mol. The van der Waals surface area contributed by atoms with E-state index in [1.807, 2.05) is 0 Å². The smallest absolute Gasteiger partial charge is 0.242 e. The third kappa shape index (κ3) is 3.34. The highest BCUT2D eigenvalue weighted by atomic mass is 32.2. The number of nitrogens with one attached hydrogen (secondary N) is 2. The molecule has 0 saturated heterocycles. The van der Waals surface area contributed by atoms with Crippen molar-refractivity contribution in [1.29, 1.82) is 0 Å². The Hall–Kier alpha value is -1.84. The summed E-state index contributed by atoms with van der Waals surface area (Å²) in [6.45, 7) is 0.149. The monoisotopic (exact) mass is 297 g/mol. The van der Waals surface area contributed by atoms with Gasteiger partial charge in [0.25, 0.3) is 0 Å². The minimum atomic E-state index is -3.62. The molecule has 0 aliphatic heterocycles. The van der Waals surface area contributed by atoms with Crippen molar-refractivity contribution in [3.05, 3.63) is 42.0 Å². The quantitative estimate of drug-likeness (QED) is 0.665. The van der Waals surface area contributed by atoms with Crippen LogP contribution in [0.5, 0.6) is 0 Å². The highest BCUT2D eigenvalue weighted by Gasteiger charge is 2.14. The molecule has 0 aliphatic rings. The predicted molar refractivity (Wildman–Crippen MR) is 72.7 cm³/mol. The van der Waals surface area contributed by atoms with E-state index in [0.717, 1.165) is 5.56 Å². The Labute approximate surface area is 115 Å². The van der Waals surface area contributed by atoms with Gasteiger partial charge >= 0.3 is 0 Å². The zero-order valence-corrected chi connectivity index (χ0v) is 11.3. The summed E-state index contributed by atoms with van der Waals surface area (Å²) in [6, 6.07) is 2.87. The lowest BCUT2D eigenvalue weighted by atomic mass is 10.3. The number of hydrogen-bond acceptors (Lipinski definition) is 5. The number of H-pyrrole nitrogens is 1. The second-order valence-corrected chi connectivity index (χ2v) is 5.88. The zero-order chi connectivity index (χ0) is 13.9. The lowest BCUT2D eigenvalue weighted by Gasteiger charge is -2.05. The fraction of sp³-hybridized carbons (Fsp3) is 0.100. The molecule has 2 rings (SSSR count). The summed E-state index contributed by atoms with van der Waals surface area (Å²) >= 11 is 4.74. The fourth-order valence-electron chi connectivity index (χ4n) is 1.32. The van der Waals surface area contributed by atoms with Gasteiger partial charge in [-0.15, -0.1) is 0 Å². The van der Waals surface area contributed by atoms with E-state index in [0.29, 0.717) is 5.69 Å². The number of thiocarbonyl (C=S) groups is 1. The van der Waals surface area contributed by atoms with Gasteiger partial charge in [0.2, 0.25) is 10.0 Å². The lowest BCUT2D eigenvalue weighted by Crippen LogP contribution is -2.23. The minimum Gasteiger partial charge on any atom is -0.388 e. The molecule has 2 aromatic rings. The number of nitrogens with two attached hydrogens (primary N) is 1. The Morgan fingerprint density at radius 2 is 2.21 bits per heavy atom. The maximum absolute atomic E-state index is 12.0. The fourth-order valence-corrected chi connectivity index (χ4v) is 2.40. The van der Waals surface area contributed by atoms with Crippen LogP contribution in [0.15, 0.2) is 35.6 Å². The molecule has 0 aliphatic carbocycles. The van der Waals surface area contributed by atoms with Gasteiger partial charge in [0.15, 0.2) is 0 Å². The molecule has 2 heterocycles. The van der Waals surface area contributed by atoms with Crippen LogP contribution < -0.4 is 10.5 Å². The molecule has 0 amide bonds. The summed E-state index contributed by atoms with van der Waals surface area (Å²) in [6.07, 6.45) is 4.36. The Kier molecular flexibility index (Phi) is 3.88. The second kappa shape index (κ2) is 5.43. The lowest BCUT2D eigenvalue weighted by molar-refractivity contribution is 0.581. The van der Waals surface area contributed by atoms with Gasteiger partial charge in [-0.1, -0.05) is 12.2 Å². The van der Waals surface area contributed by atoms with E-state index >= 15 is 0 Å². The molecule has 0 aromatic carbocycles. The first-order chi connectivity index (χ1) is 8.99. The van der Waals surface area contributed by atoms with E-state index < -0.39 is 10.0 Å². The zero-order valence-electron chi connectivity index (χ0n) is 9.70. The molecule has 9 heteroatoms. The van der Waals surface area contributed by atoms with Gasteiger partial charge in [-0.05, 0) is 12.1 Å². The van der Waals surface area contributed by atoms with Crippen LogP contribution in [0.4, 0.5) is 0 Å². The molecular formula is C10H11N5O2S2. The van der Waals surface area contributed by atoms with Gasteiger partial charge in [0.1, 0.15) is 9.88 Å². The average molecular weight is 297 g/mol. The summed E-state index contributed by atoms with van der Waals surface area (Å²) in [4.78, 5) is 4.06. The maximum atomic E-state index is 12.0. The van der Waals surface area contributed by atoms with Crippen molar-refractivity contribution in [2.45, 2.75) is 11.4 Å². The van der Waals surface area contributed by atoms with Gasteiger partial charge in [-0.3, -0.25) is 10.1 Å². The van der Waals surface area contributed by atoms with Gasteiger partial charge in [-0.2, -0.15) is 5.10 Å². The van der Waals surface area contributed by atoms with Crippen molar-refractivity contribution in [2.75, 3.05) is 0 Å². The molecule has 0 unspecified atom stereocenters. The van der Waals surface area contributed by atoms with E-state index in [-0.39, 0.29) is 16.4 Å². The second-order valence-electron chi connectivity index (χ2n) is 3.67. The van der Waals surface area contributed by atoms with Gasteiger partial charge in [-0.25, -0.2) is 13.1 Å². The average Bonchev–Trinajstić information content (AvgIpc) is 2.90. The number of aromatic amines is 1. The normalized spacial score (nSPS) is 11.4. The molecule has 4 N–H and O–H groups in total. The first-order valence-electron chi connectivity index (χ1n) is 5.22. The first kappa shape index (κ1) is 13.6. The van der Waals surface area contributed by atoms with Crippen LogP contribution in [0.25, 0.3) is 0 Å². The number of pyridine rings is 1. The molecule has 7 nitrogen and oxygen atoms in total. The number of sulfonamides is 1.